The largest absolute Gasteiger partial charge is 0.493 e. The maximum Gasteiger partial charge on any atom is 0.160 e. The summed E-state index contributed by atoms with van der Waals surface area (Å²) in [6, 6.07) is 5.28. The van der Waals surface area contributed by atoms with Crippen LogP contribution in [0, 0.1) is 0 Å². The maximum absolute atomic E-state index is 11.4. The zero-order valence-corrected chi connectivity index (χ0v) is 13.0. The van der Waals surface area contributed by atoms with Crippen molar-refractivity contribution < 1.29 is 23.0 Å². The van der Waals surface area contributed by atoms with Crippen LogP contribution in [0.5, 0.6) is 11.5 Å². The number of benzene rings is 1. The van der Waals surface area contributed by atoms with E-state index in [1.165, 1.54) is 0 Å². The fourth-order valence-corrected chi connectivity index (χ4v) is 4.24. The van der Waals surface area contributed by atoms with Gasteiger partial charge in [-0.2, -0.15) is 0 Å². The minimum absolute atomic E-state index is 0.0000995. The van der Waals surface area contributed by atoms with Crippen LogP contribution in [0.2, 0.25) is 0 Å². The van der Waals surface area contributed by atoms with Gasteiger partial charge in [-0.1, -0.05) is 6.07 Å². The van der Waals surface area contributed by atoms with Crippen molar-refractivity contribution in [3.8, 4) is 11.5 Å². The average Bonchev–Trinajstić information content (AvgIpc) is 2.71. The van der Waals surface area contributed by atoms with Crippen LogP contribution in [0.1, 0.15) is 5.56 Å². The number of ether oxygens (including phenoxy) is 2. The third kappa shape index (κ3) is 4.09. The molecule has 0 saturated carbocycles. The number of hydrogen-bond acceptors (Lipinski definition) is 6. The summed E-state index contributed by atoms with van der Waals surface area (Å²) in [7, 11) is 0.0589. The number of aliphatic hydroxyl groups is 1. The molecule has 118 valence electrons. The van der Waals surface area contributed by atoms with E-state index in [-0.39, 0.29) is 17.5 Å². The van der Waals surface area contributed by atoms with Gasteiger partial charge >= 0.3 is 0 Å². The molecule has 0 unspecified atom stereocenters. The molecule has 0 aromatic heterocycles. The van der Waals surface area contributed by atoms with Crippen LogP contribution in [0.4, 0.5) is 0 Å². The summed E-state index contributed by atoms with van der Waals surface area (Å²) in [5, 5.41) is 12.8. The molecule has 0 amide bonds. The first kappa shape index (κ1) is 16.1. The Bertz CT molecular complexity index is 587. The van der Waals surface area contributed by atoms with E-state index in [0.29, 0.717) is 24.5 Å². The molecule has 1 aromatic rings. The van der Waals surface area contributed by atoms with Gasteiger partial charge in [0.15, 0.2) is 21.3 Å². The third-order valence-corrected chi connectivity index (χ3v) is 5.31. The Morgan fingerprint density at radius 1 is 1.24 bits per heavy atom. The Kier molecular flexibility index (Phi) is 5.08. The third-order valence-electron chi connectivity index (χ3n) is 3.59. The van der Waals surface area contributed by atoms with E-state index in [2.05, 4.69) is 5.32 Å². The monoisotopic (exact) mass is 315 g/mol. The average molecular weight is 315 g/mol. The molecule has 1 aliphatic rings. The molecule has 21 heavy (non-hydrogen) atoms. The van der Waals surface area contributed by atoms with Gasteiger partial charge in [0.2, 0.25) is 0 Å². The van der Waals surface area contributed by atoms with Crippen molar-refractivity contribution in [1.29, 1.82) is 0 Å². The van der Waals surface area contributed by atoms with E-state index in [0.717, 1.165) is 5.56 Å². The van der Waals surface area contributed by atoms with Gasteiger partial charge in [0, 0.05) is 6.04 Å². The quantitative estimate of drug-likeness (QED) is 0.768. The highest BCUT2D eigenvalue weighted by Crippen LogP contribution is 2.27. The van der Waals surface area contributed by atoms with E-state index in [1.54, 1.807) is 14.2 Å². The number of methoxy groups -OCH3 is 2. The van der Waals surface area contributed by atoms with E-state index < -0.39 is 15.9 Å². The zero-order chi connectivity index (χ0) is 15.5. The molecule has 2 N–H and O–H groups in total. The van der Waals surface area contributed by atoms with Crippen LogP contribution in [0.3, 0.4) is 0 Å². The van der Waals surface area contributed by atoms with E-state index in [9.17, 15) is 13.5 Å². The SMILES string of the molecule is COc1ccc(CCN[C@H]2CS(=O)(=O)C[C@H]2O)cc1OC. The van der Waals surface area contributed by atoms with Gasteiger partial charge in [-0.05, 0) is 30.7 Å². The minimum Gasteiger partial charge on any atom is -0.493 e. The Labute approximate surface area is 125 Å². The fraction of sp³-hybridized carbons (Fsp3) is 0.571. The molecule has 1 aromatic carbocycles. The smallest absolute Gasteiger partial charge is 0.160 e. The van der Waals surface area contributed by atoms with Crippen LogP contribution in [-0.2, 0) is 16.3 Å². The topological polar surface area (TPSA) is 84.9 Å². The van der Waals surface area contributed by atoms with Gasteiger partial charge in [-0.15, -0.1) is 0 Å². The minimum atomic E-state index is -3.11. The highest BCUT2D eigenvalue weighted by Gasteiger charge is 2.35. The molecular weight excluding hydrogens is 294 g/mol. The standard InChI is InChI=1S/C14H21NO5S/c1-19-13-4-3-10(7-14(13)20-2)5-6-15-11-8-21(17,18)9-12(11)16/h3-4,7,11-12,15-16H,5-6,8-9H2,1-2H3/t11-,12+/m0/s1. The fourth-order valence-electron chi connectivity index (χ4n) is 2.46. The summed E-state index contributed by atoms with van der Waals surface area (Å²) in [6.07, 6.45) is -0.107. The first-order chi connectivity index (χ1) is 9.95. The van der Waals surface area contributed by atoms with Crippen LogP contribution < -0.4 is 14.8 Å². The van der Waals surface area contributed by atoms with Gasteiger partial charge < -0.3 is 19.9 Å². The van der Waals surface area contributed by atoms with Crippen LogP contribution in [-0.4, -0.2) is 57.9 Å². The van der Waals surface area contributed by atoms with Crippen molar-refractivity contribution in [1.82, 2.24) is 5.32 Å². The van der Waals surface area contributed by atoms with Crippen molar-refractivity contribution in [3.63, 3.8) is 0 Å². The molecular formula is C14H21NO5S. The molecule has 0 spiro atoms. The van der Waals surface area contributed by atoms with Gasteiger partial charge in [0.25, 0.3) is 0 Å². The van der Waals surface area contributed by atoms with Crippen LogP contribution in [0.15, 0.2) is 18.2 Å². The number of nitrogens with one attached hydrogen (secondary N) is 1. The predicted molar refractivity (Wildman–Crippen MR) is 79.7 cm³/mol. The first-order valence-electron chi connectivity index (χ1n) is 6.78. The van der Waals surface area contributed by atoms with Crippen molar-refractivity contribution in [3.05, 3.63) is 23.8 Å². The van der Waals surface area contributed by atoms with E-state index in [1.807, 2.05) is 18.2 Å². The van der Waals surface area contributed by atoms with Crippen molar-refractivity contribution in [2.45, 2.75) is 18.6 Å². The predicted octanol–water partition coefficient (Wildman–Crippen LogP) is -0.00620. The molecule has 1 aliphatic heterocycles. The highest BCUT2D eigenvalue weighted by atomic mass is 32.2. The molecule has 1 fully saturated rings. The summed E-state index contributed by atoms with van der Waals surface area (Å²) in [4.78, 5) is 0. The summed E-state index contributed by atoms with van der Waals surface area (Å²) >= 11 is 0. The summed E-state index contributed by atoms with van der Waals surface area (Å²) in [5.74, 6) is 1.19. The molecule has 0 aliphatic carbocycles. The summed E-state index contributed by atoms with van der Waals surface area (Å²) in [5.41, 5.74) is 1.05. The second kappa shape index (κ2) is 6.64. The Morgan fingerprint density at radius 2 is 1.95 bits per heavy atom. The van der Waals surface area contributed by atoms with Crippen molar-refractivity contribution >= 4 is 9.84 Å². The van der Waals surface area contributed by atoms with E-state index >= 15 is 0 Å². The molecule has 0 radical (unpaired) electrons. The maximum atomic E-state index is 11.4. The van der Waals surface area contributed by atoms with E-state index in [4.69, 9.17) is 9.47 Å². The number of aliphatic hydroxyl groups excluding tert-OH is 1. The first-order valence-corrected chi connectivity index (χ1v) is 8.60. The summed E-state index contributed by atoms with van der Waals surface area (Å²) in [6.45, 7) is 0.590. The van der Waals surface area contributed by atoms with Crippen LogP contribution >= 0.6 is 0 Å². The van der Waals surface area contributed by atoms with Gasteiger partial charge in [-0.25, -0.2) is 8.42 Å². The Balaban J connectivity index is 1.89. The van der Waals surface area contributed by atoms with Crippen molar-refractivity contribution in [2.24, 2.45) is 0 Å². The normalized spacial score (nSPS) is 24.0. The lowest BCUT2D eigenvalue weighted by molar-refractivity contribution is 0.166. The highest BCUT2D eigenvalue weighted by molar-refractivity contribution is 7.91. The lowest BCUT2D eigenvalue weighted by atomic mass is 10.1. The number of sulfone groups is 1. The van der Waals surface area contributed by atoms with Gasteiger partial charge in [-0.3, -0.25) is 0 Å². The molecule has 2 atom stereocenters. The molecule has 7 heteroatoms. The van der Waals surface area contributed by atoms with Gasteiger partial charge in [0.1, 0.15) is 0 Å². The summed E-state index contributed by atoms with van der Waals surface area (Å²) < 4.78 is 33.2. The zero-order valence-electron chi connectivity index (χ0n) is 12.2. The molecule has 6 nitrogen and oxygen atoms in total. The van der Waals surface area contributed by atoms with Crippen molar-refractivity contribution in [2.75, 3.05) is 32.3 Å². The molecule has 0 bridgehead atoms. The second-order valence-electron chi connectivity index (χ2n) is 5.14. The lowest BCUT2D eigenvalue weighted by Crippen LogP contribution is -2.39. The number of rotatable bonds is 6. The molecule has 1 saturated heterocycles. The number of hydrogen-bond donors (Lipinski definition) is 2. The lowest BCUT2D eigenvalue weighted by Gasteiger charge is -2.15. The van der Waals surface area contributed by atoms with Crippen LogP contribution in [0.25, 0.3) is 0 Å². The Morgan fingerprint density at radius 3 is 2.52 bits per heavy atom. The molecule has 1 heterocycles. The van der Waals surface area contributed by atoms with Gasteiger partial charge in [0.05, 0.1) is 31.8 Å². The Hall–Kier alpha value is -1.31. The molecule has 2 rings (SSSR count). The second-order valence-corrected chi connectivity index (χ2v) is 7.30.